The molecule has 0 spiro atoms. The number of aromatic nitrogens is 3. The summed E-state index contributed by atoms with van der Waals surface area (Å²) in [4.78, 5) is 4.08. The Labute approximate surface area is 151 Å². The van der Waals surface area contributed by atoms with Gasteiger partial charge in [0.05, 0.1) is 5.69 Å². The van der Waals surface area contributed by atoms with Crippen molar-refractivity contribution in [3.8, 4) is 11.3 Å². The van der Waals surface area contributed by atoms with Gasteiger partial charge in [-0.1, -0.05) is 0 Å². The summed E-state index contributed by atoms with van der Waals surface area (Å²) in [6.07, 6.45) is -3.17. The van der Waals surface area contributed by atoms with Crippen LogP contribution >= 0.6 is 0 Å². The summed E-state index contributed by atoms with van der Waals surface area (Å²) in [5.41, 5.74) is 0.0434. The van der Waals surface area contributed by atoms with E-state index in [1.165, 1.54) is 31.4 Å². The van der Waals surface area contributed by atoms with E-state index in [0.717, 1.165) is 10.7 Å². The van der Waals surface area contributed by atoms with Crippen LogP contribution in [0.5, 0.6) is 0 Å². The number of hydrogen-bond acceptors (Lipinski definition) is 3. The Kier molecular flexibility index (Phi) is 4.86. The molecule has 3 rings (SSSR count). The molecular formula is C18H15F5N4. The van der Waals surface area contributed by atoms with Gasteiger partial charge in [-0.05, 0) is 42.8 Å². The molecule has 0 atom stereocenters. The summed E-state index contributed by atoms with van der Waals surface area (Å²) in [5.74, 6) is -0.992. The highest BCUT2D eigenvalue weighted by molar-refractivity contribution is 5.60. The molecule has 1 aromatic carbocycles. The highest BCUT2D eigenvalue weighted by atomic mass is 19.4. The lowest BCUT2D eigenvalue weighted by Gasteiger charge is -2.09. The molecule has 0 saturated heterocycles. The first-order chi connectivity index (χ1) is 12.6. The number of pyridine rings is 1. The number of nitrogens with one attached hydrogen (secondary N) is 1. The van der Waals surface area contributed by atoms with Crippen LogP contribution in [0.1, 0.15) is 16.8 Å². The molecule has 3 aromatic rings. The molecule has 0 amide bonds. The Morgan fingerprint density at radius 1 is 1.07 bits per heavy atom. The van der Waals surface area contributed by atoms with Crippen molar-refractivity contribution < 1.29 is 22.0 Å². The first-order valence-electron chi connectivity index (χ1n) is 7.91. The monoisotopic (exact) mass is 382 g/mol. The Morgan fingerprint density at radius 2 is 1.74 bits per heavy atom. The lowest BCUT2D eigenvalue weighted by atomic mass is 10.1. The molecule has 4 nitrogen and oxygen atoms in total. The molecule has 0 saturated carbocycles. The van der Waals surface area contributed by atoms with Crippen LogP contribution in [0.3, 0.4) is 0 Å². The third-order valence-corrected chi connectivity index (χ3v) is 3.96. The second-order valence-corrected chi connectivity index (χ2v) is 6.03. The van der Waals surface area contributed by atoms with Gasteiger partial charge in [0.2, 0.25) is 0 Å². The van der Waals surface area contributed by atoms with Gasteiger partial charge in [0.25, 0.3) is 0 Å². The summed E-state index contributed by atoms with van der Waals surface area (Å²) in [7, 11) is 1.40. The number of nitrogens with zero attached hydrogens (tertiary/aromatic N) is 3. The van der Waals surface area contributed by atoms with Gasteiger partial charge >= 0.3 is 6.18 Å². The predicted octanol–water partition coefficient (Wildman–Crippen LogP) is 4.70. The van der Waals surface area contributed by atoms with Gasteiger partial charge in [-0.2, -0.15) is 18.3 Å². The average molecular weight is 382 g/mol. The Morgan fingerprint density at radius 3 is 2.26 bits per heavy atom. The number of aryl methyl sites for hydroxylation is 2. The van der Waals surface area contributed by atoms with E-state index in [4.69, 9.17) is 0 Å². The second kappa shape index (κ2) is 6.98. The van der Waals surface area contributed by atoms with E-state index in [1.807, 2.05) is 0 Å². The van der Waals surface area contributed by atoms with Gasteiger partial charge in [0, 0.05) is 30.9 Å². The molecule has 0 aliphatic carbocycles. The minimum Gasteiger partial charge on any atom is -0.366 e. The van der Waals surface area contributed by atoms with Crippen LogP contribution in [0.2, 0.25) is 0 Å². The van der Waals surface area contributed by atoms with Crippen molar-refractivity contribution in [1.82, 2.24) is 14.8 Å². The van der Waals surface area contributed by atoms with Crippen LogP contribution in [0, 0.1) is 18.6 Å². The first kappa shape index (κ1) is 18.8. The van der Waals surface area contributed by atoms with Crippen molar-refractivity contribution in [2.75, 3.05) is 5.32 Å². The minimum absolute atomic E-state index is 0.117. The van der Waals surface area contributed by atoms with Crippen LogP contribution in [-0.2, 0) is 19.8 Å². The zero-order chi connectivity index (χ0) is 19.8. The maximum absolute atomic E-state index is 13.8. The third-order valence-electron chi connectivity index (χ3n) is 3.96. The Bertz CT molecular complexity index is 938. The quantitative estimate of drug-likeness (QED) is 0.665. The molecule has 2 heterocycles. The zero-order valence-corrected chi connectivity index (χ0v) is 14.4. The third kappa shape index (κ3) is 4.07. The maximum atomic E-state index is 13.8. The van der Waals surface area contributed by atoms with Crippen LogP contribution in [0.25, 0.3) is 11.3 Å². The van der Waals surface area contributed by atoms with Crippen molar-refractivity contribution in [2.24, 2.45) is 7.05 Å². The standard InChI is InChI=1S/C18H15F5N4/c1-10-5-13(19)12(14(20)6-10)9-25-17-4-3-11(8-24-17)15-7-16(18(21,22)23)26-27(15)2/h3-8H,9H2,1-2H3,(H,24,25). The fraction of sp³-hybridized carbons (Fsp3) is 0.222. The summed E-state index contributed by atoms with van der Waals surface area (Å²) >= 11 is 0. The smallest absolute Gasteiger partial charge is 0.366 e. The van der Waals surface area contributed by atoms with Crippen molar-refractivity contribution >= 4 is 5.82 Å². The number of anilines is 1. The molecule has 0 aliphatic heterocycles. The molecule has 27 heavy (non-hydrogen) atoms. The van der Waals surface area contributed by atoms with E-state index in [2.05, 4.69) is 15.4 Å². The fourth-order valence-electron chi connectivity index (χ4n) is 2.60. The normalized spacial score (nSPS) is 11.7. The fourth-order valence-corrected chi connectivity index (χ4v) is 2.60. The Balaban J connectivity index is 1.76. The van der Waals surface area contributed by atoms with E-state index < -0.39 is 23.5 Å². The highest BCUT2D eigenvalue weighted by Crippen LogP contribution is 2.31. The summed E-state index contributed by atoms with van der Waals surface area (Å²) in [6.45, 7) is 1.47. The summed E-state index contributed by atoms with van der Waals surface area (Å²) < 4.78 is 67.0. The topological polar surface area (TPSA) is 42.7 Å². The number of hydrogen-bond donors (Lipinski definition) is 1. The van der Waals surface area contributed by atoms with Gasteiger partial charge in [0.1, 0.15) is 17.5 Å². The van der Waals surface area contributed by atoms with Gasteiger partial charge in [-0.3, -0.25) is 4.68 Å². The predicted molar refractivity (Wildman–Crippen MR) is 89.9 cm³/mol. The number of halogens is 5. The lowest BCUT2D eigenvalue weighted by molar-refractivity contribution is -0.141. The molecule has 0 unspecified atom stereocenters. The second-order valence-electron chi connectivity index (χ2n) is 6.03. The largest absolute Gasteiger partial charge is 0.435 e. The van der Waals surface area contributed by atoms with E-state index in [1.54, 1.807) is 13.0 Å². The molecule has 142 valence electrons. The van der Waals surface area contributed by atoms with Gasteiger partial charge in [-0.15, -0.1) is 0 Å². The van der Waals surface area contributed by atoms with Crippen LogP contribution < -0.4 is 5.32 Å². The molecule has 0 fully saturated rings. The van der Waals surface area contributed by atoms with Gasteiger partial charge in [-0.25, -0.2) is 13.8 Å². The molecule has 9 heteroatoms. The minimum atomic E-state index is -4.53. The zero-order valence-electron chi connectivity index (χ0n) is 14.4. The molecule has 0 bridgehead atoms. The number of rotatable bonds is 4. The average Bonchev–Trinajstić information content (AvgIpc) is 2.96. The van der Waals surface area contributed by atoms with E-state index >= 15 is 0 Å². The van der Waals surface area contributed by atoms with Crippen molar-refractivity contribution in [1.29, 1.82) is 0 Å². The van der Waals surface area contributed by atoms with Crippen LogP contribution in [0.4, 0.5) is 27.8 Å². The number of alkyl halides is 3. The van der Waals surface area contributed by atoms with Crippen molar-refractivity contribution in [3.05, 3.63) is 65.0 Å². The maximum Gasteiger partial charge on any atom is 0.435 e. The molecule has 2 aromatic heterocycles. The summed E-state index contributed by atoms with van der Waals surface area (Å²) in [5, 5.41) is 6.24. The SMILES string of the molecule is Cc1cc(F)c(CNc2ccc(-c3cc(C(F)(F)F)nn3C)cn2)c(F)c1. The van der Waals surface area contributed by atoms with Crippen LogP contribution in [-0.4, -0.2) is 14.8 Å². The lowest BCUT2D eigenvalue weighted by Crippen LogP contribution is -2.06. The Hall–Kier alpha value is -2.97. The van der Waals surface area contributed by atoms with Gasteiger partial charge < -0.3 is 5.32 Å². The molecular weight excluding hydrogens is 367 g/mol. The highest BCUT2D eigenvalue weighted by Gasteiger charge is 2.34. The molecule has 0 radical (unpaired) electrons. The van der Waals surface area contributed by atoms with Gasteiger partial charge in [0.15, 0.2) is 5.69 Å². The van der Waals surface area contributed by atoms with Crippen molar-refractivity contribution in [2.45, 2.75) is 19.6 Å². The molecule has 1 N–H and O–H groups in total. The number of benzene rings is 1. The first-order valence-corrected chi connectivity index (χ1v) is 7.91. The van der Waals surface area contributed by atoms with Crippen molar-refractivity contribution in [3.63, 3.8) is 0 Å². The van der Waals surface area contributed by atoms with E-state index in [0.29, 0.717) is 16.9 Å². The van der Waals surface area contributed by atoms with E-state index in [9.17, 15) is 22.0 Å². The molecule has 0 aliphatic rings. The van der Waals surface area contributed by atoms with Crippen LogP contribution in [0.15, 0.2) is 36.5 Å². The summed E-state index contributed by atoms with van der Waals surface area (Å²) in [6, 6.07) is 6.46. The van der Waals surface area contributed by atoms with E-state index in [-0.39, 0.29) is 17.8 Å².